The Labute approximate surface area is 118 Å². The van der Waals surface area contributed by atoms with E-state index in [0.29, 0.717) is 11.1 Å². The lowest BCUT2D eigenvalue weighted by atomic mass is 10.0. The summed E-state index contributed by atoms with van der Waals surface area (Å²) >= 11 is 6.03. The Hall–Kier alpha value is -1.26. The van der Waals surface area contributed by atoms with Crippen LogP contribution in [-0.4, -0.2) is 24.7 Å². The number of anilines is 1. The highest BCUT2D eigenvalue weighted by Crippen LogP contribution is 2.20. The van der Waals surface area contributed by atoms with Gasteiger partial charge in [-0.25, -0.2) is 4.79 Å². The second-order valence-corrected chi connectivity index (χ2v) is 5.55. The van der Waals surface area contributed by atoms with Crippen molar-refractivity contribution in [2.75, 3.05) is 11.9 Å². The van der Waals surface area contributed by atoms with E-state index in [-0.39, 0.29) is 12.1 Å². The lowest BCUT2D eigenvalue weighted by Crippen LogP contribution is -2.47. The van der Waals surface area contributed by atoms with Crippen LogP contribution in [-0.2, 0) is 0 Å². The zero-order chi connectivity index (χ0) is 13.8. The molecule has 1 aliphatic heterocycles. The Morgan fingerprint density at radius 3 is 2.95 bits per heavy atom. The lowest BCUT2D eigenvalue weighted by molar-refractivity contribution is 0.242. The van der Waals surface area contributed by atoms with Gasteiger partial charge in [-0.05, 0) is 50.9 Å². The fraction of sp³-hybridized carbons (Fsp3) is 0.500. The largest absolute Gasteiger partial charge is 0.335 e. The first-order valence-corrected chi connectivity index (χ1v) is 6.99. The number of carbonyl (C=O) groups excluding carboxylic acids is 1. The third-order valence-electron chi connectivity index (χ3n) is 3.39. The molecule has 0 saturated carbocycles. The fourth-order valence-corrected chi connectivity index (χ4v) is 2.47. The number of rotatable bonds is 2. The Morgan fingerprint density at radius 1 is 1.47 bits per heavy atom. The first-order valence-electron chi connectivity index (χ1n) is 6.61. The summed E-state index contributed by atoms with van der Waals surface area (Å²) in [5.41, 5.74) is 1.72. The molecule has 5 heteroatoms. The van der Waals surface area contributed by atoms with Crippen molar-refractivity contribution in [1.82, 2.24) is 10.6 Å². The molecule has 2 rings (SSSR count). The summed E-state index contributed by atoms with van der Waals surface area (Å²) in [7, 11) is 0. The van der Waals surface area contributed by atoms with E-state index in [4.69, 9.17) is 11.6 Å². The maximum absolute atomic E-state index is 11.9. The average Bonchev–Trinajstić information content (AvgIpc) is 2.34. The summed E-state index contributed by atoms with van der Waals surface area (Å²) in [6.45, 7) is 5.01. The molecule has 1 heterocycles. The van der Waals surface area contributed by atoms with Crippen molar-refractivity contribution >= 4 is 23.3 Å². The van der Waals surface area contributed by atoms with Gasteiger partial charge in [0, 0.05) is 22.8 Å². The molecular formula is C14H20ClN3O. The smallest absolute Gasteiger partial charge is 0.319 e. The highest BCUT2D eigenvalue weighted by molar-refractivity contribution is 6.31. The number of hydrogen-bond donors (Lipinski definition) is 3. The third kappa shape index (κ3) is 4.11. The van der Waals surface area contributed by atoms with Crippen LogP contribution < -0.4 is 16.0 Å². The zero-order valence-electron chi connectivity index (χ0n) is 11.3. The van der Waals surface area contributed by atoms with Crippen molar-refractivity contribution in [3.05, 3.63) is 28.8 Å². The topological polar surface area (TPSA) is 53.2 Å². The number of carbonyl (C=O) groups is 1. The number of hydrogen-bond acceptors (Lipinski definition) is 2. The van der Waals surface area contributed by atoms with Crippen LogP contribution in [0.5, 0.6) is 0 Å². The summed E-state index contributed by atoms with van der Waals surface area (Å²) in [6.07, 6.45) is 1.93. The van der Waals surface area contributed by atoms with Crippen LogP contribution in [0, 0.1) is 6.92 Å². The van der Waals surface area contributed by atoms with Crippen molar-refractivity contribution in [2.24, 2.45) is 0 Å². The number of urea groups is 1. The molecule has 4 nitrogen and oxygen atoms in total. The predicted octanol–water partition coefficient (Wildman–Crippen LogP) is 2.91. The van der Waals surface area contributed by atoms with E-state index in [1.54, 1.807) is 6.07 Å². The van der Waals surface area contributed by atoms with E-state index in [9.17, 15) is 4.79 Å². The maximum Gasteiger partial charge on any atom is 0.319 e. The standard InChI is InChI=1S/C14H20ClN3O/c1-9-3-4-11(8-13(9)15)17-14(19)18-12-5-6-16-10(2)7-12/h3-4,8,10,12,16H,5-7H2,1-2H3,(H2,17,18,19). The molecule has 1 aliphatic rings. The fourth-order valence-electron chi connectivity index (χ4n) is 2.29. The first-order chi connectivity index (χ1) is 9.04. The minimum Gasteiger partial charge on any atom is -0.335 e. The molecule has 0 bridgehead atoms. The third-order valence-corrected chi connectivity index (χ3v) is 3.80. The summed E-state index contributed by atoms with van der Waals surface area (Å²) < 4.78 is 0. The van der Waals surface area contributed by atoms with Crippen LogP contribution in [0.2, 0.25) is 5.02 Å². The minimum absolute atomic E-state index is 0.168. The summed E-state index contributed by atoms with van der Waals surface area (Å²) in [6, 6.07) is 6.03. The maximum atomic E-state index is 11.9. The Balaban J connectivity index is 1.88. The van der Waals surface area contributed by atoms with Gasteiger partial charge in [0.25, 0.3) is 0 Å². The molecule has 1 aromatic carbocycles. The van der Waals surface area contributed by atoms with Crippen LogP contribution in [0.3, 0.4) is 0 Å². The molecule has 0 aliphatic carbocycles. The van der Waals surface area contributed by atoms with Gasteiger partial charge in [-0.1, -0.05) is 17.7 Å². The van der Waals surface area contributed by atoms with E-state index in [1.807, 2.05) is 19.1 Å². The normalized spacial score (nSPS) is 22.9. The number of aryl methyl sites for hydroxylation is 1. The van der Waals surface area contributed by atoms with Gasteiger partial charge < -0.3 is 16.0 Å². The Bertz CT molecular complexity index is 464. The van der Waals surface area contributed by atoms with Crippen LogP contribution in [0.25, 0.3) is 0 Å². The van der Waals surface area contributed by atoms with Gasteiger partial charge in [0.15, 0.2) is 0 Å². The van der Waals surface area contributed by atoms with Gasteiger partial charge in [-0.3, -0.25) is 0 Å². The van der Waals surface area contributed by atoms with Crippen LogP contribution in [0.15, 0.2) is 18.2 Å². The molecule has 1 saturated heterocycles. The zero-order valence-corrected chi connectivity index (χ0v) is 12.1. The molecule has 1 fully saturated rings. The van der Waals surface area contributed by atoms with Gasteiger partial charge in [-0.15, -0.1) is 0 Å². The molecule has 19 heavy (non-hydrogen) atoms. The van der Waals surface area contributed by atoms with Crippen molar-refractivity contribution in [1.29, 1.82) is 0 Å². The summed E-state index contributed by atoms with van der Waals surface area (Å²) in [5, 5.41) is 9.84. The SMILES string of the molecule is Cc1ccc(NC(=O)NC2CCNC(C)C2)cc1Cl. The van der Waals surface area contributed by atoms with Crippen LogP contribution in [0.4, 0.5) is 10.5 Å². The molecule has 0 aromatic heterocycles. The number of amides is 2. The van der Waals surface area contributed by atoms with Gasteiger partial charge in [-0.2, -0.15) is 0 Å². The van der Waals surface area contributed by atoms with Crippen molar-refractivity contribution < 1.29 is 4.79 Å². The number of halogens is 1. The Kier molecular flexibility index (Phi) is 4.66. The Morgan fingerprint density at radius 2 is 2.26 bits per heavy atom. The second-order valence-electron chi connectivity index (χ2n) is 5.14. The number of benzene rings is 1. The van der Waals surface area contributed by atoms with E-state index in [1.165, 1.54) is 0 Å². The number of nitrogens with one attached hydrogen (secondary N) is 3. The molecule has 2 atom stereocenters. The van der Waals surface area contributed by atoms with Gasteiger partial charge >= 0.3 is 6.03 Å². The first kappa shape index (κ1) is 14.2. The van der Waals surface area contributed by atoms with Crippen molar-refractivity contribution in [3.8, 4) is 0 Å². The van der Waals surface area contributed by atoms with Crippen LogP contribution >= 0.6 is 11.6 Å². The van der Waals surface area contributed by atoms with E-state index < -0.39 is 0 Å². The molecule has 0 spiro atoms. The van der Waals surface area contributed by atoms with E-state index in [0.717, 1.165) is 30.6 Å². The van der Waals surface area contributed by atoms with Crippen molar-refractivity contribution in [3.63, 3.8) is 0 Å². The average molecular weight is 282 g/mol. The summed E-state index contributed by atoms with van der Waals surface area (Å²) in [5.74, 6) is 0. The highest BCUT2D eigenvalue weighted by atomic mass is 35.5. The van der Waals surface area contributed by atoms with E-state index in [2.05, 4.69) is 22.9 Å². The predicted molar refractivity (Wildman–Crippen MR) is 78.8 cm³/mol. The monoisotopic (exact) mass is 281 g/mol. The quantitative estimate of drug-likeness (QED) is 0.781. The van der Waals surface area contributed by atoms with Crippen molar-refractivity contribution in [2.45, 2.75) is 38.8 Å². The minimum atomic E-state index is -0.168. The molecule has 1 aromatic rings. The molecule has 2 amide bonds. The highest BCUT2D eigenvalue weighted by Gasteiger charge is 2.19. The molecule has 2 unspecified atom stereocenters. The van der Waals surface area contributed by atoms with E-state index >= 15 is 0 Å². The molecule has 3 N–H and O–H groups in total. The van der Waals surface area contributed by atoms with Gasteiger partial charge in [0.05, 0.1) is 0 Å². The van der Waals surface area contributed by atoms with Gasteiger partial charge in [0.1, 0.15) is 0 Å². The summed E-state index contributed by atoms with van der Waals surface area (Å²) in [4.78, 5) is 11.9. The molecule has 104 valence electrons. The lowest BCUT2D eigenvalue weighted by Gasteiger charge is -2.28. The van der Waals surface area contributed by atoms with Crippen LogP contribution in [0.1, 0.15) is 25.3 Å². The van der Waals surface area contributed by atoms with Gasteiger partial charge in [0.2, 0.25) is 0 Å². The second kappa shape index (κ2) is 6.26. The number of piperidine rings is 1. The molecule has 0 radical (unpaired) electrons. The molecular weight excluding hydrogens is 262 g/mol.